The summed E-state index contributed by atoms with van der Waals surface area (Å²) in [5.41, 5.74) is 0. The predicted molar refractivity (Wildman–Crippen MR) is 28.1 cm³/mol. The molecule has 0 aromatic carbocycles. The van der Waals surface area contributed by atoms with Crippen molar-refractivity contribution in [1.82, 2.24) is 0 Å². The van der Waals surface area contributed by atoms with Crippen LogP contribution in [0.3, 0.4) is 0 Å². The third kappa shape index (κ3) is 17.9. The van der Waals surface area contributed by atoms with Gasteiger partial charge in [-0.05, 0) is 0 Å². The van der Waals surface area contributed by atoms with Gasteiger partial charge in [0.1, 0.15) is 0 Å². The summed E-state index contributed by atoms with van der Waals surface area (Å²) in [6.07, 6.45) is 0. The molecular weight excluding hydrogens is 1060 g/mol. The van der Waals surface area contributed by atoms with Crippen molar-refractivity contribution in [2.45, 2.75) is 0 Å². The fraction of sp³-hybridized carbons (Fsp3) is 0. The minimum absolute atomic E-state index is 2.77. The summed E-state index contributed by atoms with van der Waals surface area (Å²) in [5, 5.41) is 0. The molecule has 0 heterocycles. The van der Waals surface area contributed by atoms with Gasteiger partial charge in [-0.25, -0.2) is 0 Å². The molecule has 0 saturated carbocycles. The zero-order valence-corrected chi connectivity index (χ0v) is 26.9. The Morgan fingerprint density at radius 3 is 0.710 bits per heavy atom. The molecule has 0 rings (SSSR count). The van der Waals surface area contributed by atoms with Gasteiger partial charge in [0.15, 0.2) is 0 Å². The Morgan fingerprint density at radius 2 is 0.548 bits per heavy atom. The minimum atomic E-state index is -8.39. The van der Waals surface area contributed by atoms with Crippen LogP contribution in [-0.2, 0) is 169 Å². The Kier molecular flexibility index (Phi) is 9.68. The molecule has 0 unspecified atom stereocenters. The molecule has 0 spiro atoms. The van der Waals surface area contributed by atoms with E-state index in [0.29, 0.717) is 0 Å². The van der Waals surface area contributed by atoms with E-state index < -0.39 is 116 Å². The van der Waals surface area contributed by atoms with E-state index in [4.69, 9.17) is 22.6 Å². The molecule has 0 aliphatic carbocycles. The first-order valence-electron chi connectivity index (χ1n) is 5.10. The van der Waals surface area contributed by atoms with Crippen LogP contribution in [0.2, 0.25) is 0 Å². The second-order valence-corrected chi connectivity index (χ2v) is 35.4. The third-order valence-corrected chi connectivity index (χ3v) is 37.5. The summed E-state index contributed by atoms with van der Waals surface area (Å²) < 4.78 is 200. The summed E-state index contributed by atoms with van der Waals surface area (Å²) in [5.74, 6) is 0. The molecule has 6 N–H and O–H groups in total. The quantitative estimate of drug-likeness (QED) is 0.0995. The maximum absolute atomic E-state index is 11.3. The van der Waals surface area contributed by atoms with Crippen LogP contribution in [0.25, 0.3) is 0 Å². The van der Waals surface area contributed by atoms with E-state index in [-0.39, 0.29) is 0 Å². The molecule has 0 saturated heterocycles. The fourth-order valence-electron chi connectivity index (χ4n) is 0.757. The summed E-state index contributed by atoms with van der Waals surface area (Å²) >= 11 is -55.8. The molecule has 0 aromatic heterocycles. The molecule has 0 bridgehead atoms. The Morgan fingerprint density at radius 1 is 0.387 bits per heavy atom. The molecule has 31 heteroatoms. The van der Waals surface area contributed by atoms with Crippen LogP contribution in [0, 0.1) is 0 Å². The van der Waals surface area contributed by atoms with Crippen molar-refractivity contribution in [1.29, 1.82) is 0 Å². The first kappa shape index (κ1) is 32.9. The van der Waals surface area contributed by atoms with E-state index in [9.17, 15) is 40.8 Å². The molecule has 24 nitrogen and oxygen atoms in total. The molecule has 0 aliphatic heterocycles. The van der Waals surface area contributed by atoms with Crippen LogP contribution in [0.4, 0.5) is 0 Å². The van der Waals surface area contributed by atoms with E-state index >= 15 is 0 Å². The Hall–Kier alpha value is 1.94. The first-order chi connectivity index (χ1) is 12.7. The summed E-state index contributed by atoms with van der Waals surface area (Å²) in [4.78, 5) is 0. The number of hydrogen-bond donors (Lipinski definition) is 6. The van der Waals surface area contributed by atoms with Crippen molar-refractivity contribution in [3.05, 3.63) is 0 Å². The van der Waals surface area contributed by atoms with Gasteiger partial charge in [-0.1, -0.05) is 0 Å². The van der Waals surface area contributed by atoms with Crippen LogP contribution in [0.5, 0.6) is 0 Å². The average molecular weight is 1060 g/mol. The van der Waals surface area contributed by atoms with E-state index in [0.717, 1.165) is 0 Å². The normalized spacial score (nSPS) is 17.9. The Bertz CT molecular complexity index is 1240. The molecule has 31 heavy (non-hydrogen) atoms. The van der Waals surface area contributed by atoms with Crippen molar-refractivity contribution in [3.8, 4) is 0 Å². The second-order valence-electron chi connectivity index (χ2n) is 3.97. The molecule has 192 valence electrons. The van der Waals surface area contributed by atoms with Crippen molar-refractivity contribution >= 4 is 0 Å². The van der Waals surface area contributed by atoms with Gasteiger partial charge in [-0.3, -0.25) is 0 Å². The molecule has 0 aliphatic rings. The third-order valence-electron chi connectivity index (χ3n) is 1.07. The summed E-state index contributed by atoms with van der Waals surface area (Å²) in [6.45, 7) is 0. The SMILES string of the molecule is [O]=[Mo](=[O])([O][Mo](=[O])(=[O])[O][Mo](=[O])(=[O])[O][Mo](=[O])([OH])([OH])[OH])[O][Mo](=[O])(=[O])[O][Mo](=[O])(=[O])[O][Mo](=[O])([OH])([OH])[OH]. The average Bonchev–Trinajstić information content (AvgIpc) is 2.06. The number of hydrogen-bond acceptors (Lipinski definition) is 18. The standard InChI is InChI=1S/7Mo.6H2O.18O/h;;;;;;;6*1H2;;;;;;;;;;;;;;;;;;/q;;;;;2*+3;;;;;;;;;;;;;;;;;;;;;;;;/p-6. The molecule has 0 radical (unpaired) electrons. The van der Waals surface area contributed by atoms with Gasteiger partial charge in [0.25, 0.3) is 0 Å². The van der Waals surface area contributed by atoms with Gasteiger partial charge in [0.05, 0.1) is 0 Å². The van der Waals surface area contributed by atoms with Crippen LogP contribution in [0.15, 0.2) is 0 Å². The van der Waals surface area contributed by atoms with E-state index in [1.165, 1.54) is 0 Å². The van der Waals surface area contributed by atoms with Gasteiger partial charge in [-0.2, -0.15) is 0 Å². The van der Waals surface area contributed by atoms with E-state index in [1.54, 1.807) is 0 Å². The first-order valence-corrected chi connectivity index (χ1v) is 30.1. The summed E-state index contributed by atoms with van der Waals surface area (Å²) in [6, 6.07) is 0. The van der Waals surface area contributed by atoms with E-state index in [2.05, 4.69) is 12.3 Å². The van der Waals surface area contributed by atoms with Gasteiger partial charge in [0, 0.05) is 0 Å². The topological polar surface area (TPSA) is 382 Å². The van der Waals surface area contributed by atoms with Crippen molar-refractivity contribution < 1.29 is 192 Å². The monoisotopic (exact) mass is 1080 g/mol. The Balaban J connectivity index is 5.60. The fourth-order valence-corrected chi connectivity index (χ4v) is 36.2. The molecule has 0 amide bonds. The molecular formula is H6Mo7O24. The van der Waals surface area contributed by atoms with Crippen LogP contribution in [0.1, 0.15) is 0 Å². The summed E-state index contributed by atoms with van der Waals surface area (Å²) in [7, 11) is 0. The van der Waals surface area contributed by atoms with Gasteiger partial charge >= 0.3 is 192 Å². The maximum atomic E-state index is 11.3. The zero-order valence-electron chi connectivity index (χ0n) is 12.9. The number of rotatable bonds is 12. The predicted octanol–water partition coefficient (Wildman–Crippen LogP) is -5.20. The zero-order chi connectivity index (χ0) is 25.6. The Labute approximate surface area is 189 Å². The van der Waals surface area contributed by atoms with Gasteiger partial charge in [0.2, 0.25) is 0 Å². The van der Waals surface area contributed by atoms with Crippen LogP contribution < -0.4 is 0 Å². The van der Waals surface area contributed by atoms with Gasteiger partial charge < -0.3 is 0 Å². The second kappa shape index (κ2) is 9.11. The van der Waals surface area contributed by atoms with Gasteiger partial charge in [-0.15, -0.1) is 0 Å². The molecule has 0 fully saturated rings. The van der Waals surface area contributed by atoms with Crippen molar-refractivity contribution in [2.24, 2.45) is 0 Å². The van der Waals surface area contributed by atoms with Crippen LogP contribution >= 0.6 is 0 Å². The van der Waals surface area contributed by atoms with Crippen molar-refractivity contribution in [3.63, 3.8) is 0 Å². The molecule has 0 aromatic rings. The van der Waals surface area contributed by atoms with E-state index in [1.807, 2.05) is 0 Å². The van der Waals surface area contributed by atoms with Crippen LogP contribution in [-0.4, -0.2) is 22.6 Å². The molecule has 0 atom stereocenters. The van der Waals surface area contributed by atoms with Crippen molar-refractivity contribution in [2.75, 3.05) is 0 Å².